The highest BCUT2D eigenvalue weighted by Gasteiger charge is 2.18. The summed E-state index contributed by atoms with van der Waals surface area (Å²) < 4.78 is 11.0. The molecule has 1 aliphatic heterocycles. The van der Waals surface area contributed by atoms with Crippen LogP contribution in [0.3, 0.4) is 0 Å². The Bertz CT molecular complexity index is 720. The molecule has 7 heteroatoms. The first kappa shape index (κ1) is 16.5. The van der Waals surface area contributed by atoms with Gasteiger partial charge in [0.2, 0.25) is 0 Å². The van der Waals surface area contributed by atoms with E-state index in [0.717, 1.165) is 44.0 Å². The van der Waals surface area contributed by atoms with Crippen molar-refractivity contribution in [2.45, 2.75) is 6.54 Å². The van der Waals surface area contributed by atoms with Crippen LogP contribution in [0.2, 0.25) is 0 Å². The van der Waals surface area contributed by atoms with Gasteiger partial charge in [0.15, 0.2) is 0 Å². The fourth-order valence-electron chi connectivity index (χ4n) is 2.87. The van der Waals surface area contributed by atoms with Crippen molar-refractivity contribution in [1.29, 1.82) is 0 Å². The van der Waals surface area contributed by atoms with Gasteiger partial charge in [0.25, 0.3) is 5.69 Å². The second-order valence-corrected chi connectivity index (χ2v) is 6.02. The van der Waals surface area contributed by atoms with Crippen molar-refractivity contribution < 1.29 is 14.1 Å². The molecule has 0 saturated carbocycles. The van der Waals surface area contributed by atoms with Gasteiger partial charge in [-0.15, -0.1) is 0 Å². The zero-order valence-corrected chi connectivity index (χ0v) is 13.9. The number of nitro benzene ring substituents is 1. The van der Waals surface area contributed by atoms with Crippen molar-refractivity contribution in [3.8, 4) is 16.9 Å². The smallest absolute Gasteiger partial charge is 0.270 e. The Morgan fingerprint density at radius 2 is 2.00 bits per heavy atom. The van der Waals surface area contributed by atoms with E-state index in [2.05, 4.69) is 16.8 Å². The molecule has 2 aromatic rings. The SMILES string of the molecule is COc1ccc([N+](=O)[O-])cc1-c1coc(CN2CCN(C)CC2)c1. The molecule has 3 rings (SSSR count). The van der Waals surface area contributed by atoms with Crippen LogP contribution in [0, 0.1) is 10.1 Å². The largest absolute Gasteiger partial charge is 0.496 e. The number of hydrogen-bond acceptors (Lipinski definition) is 6. The van der Waals surface area contributed by atoms with Crippen molar-refractivity contribution in [3.63, 3.8) is 0 Å². The lowest BCUT2D eigenvalue weighted by molar-refractivity contribution is -0.384. The number of non-ortho nitro benzene ring substituents is 1. The molecule has 0 bridgehead atoms. The van der Waals surface area contributed by atoms with Gasteiger partial charge in [-0.05, 0) is 19.2 Å². The maximum atomic E-state index is 11.0. The number of benzene rings is 1. The van der Waals surface area contributed by atoms with Crippen LogP contribution in [0.15, 0.2) is 34.9 Å². The highest BCUT2D eigenvalue weighted by molar-refractivity contribution is 5.72. The van der Waals surface area contributed by atoms with Crippen LogP contribution in [0.25, 0.3) is 11.1 Å². The van der Waals surface area contributed by atoms with Gasteiger partial charge >= 0.3 is 0 Å². The normalized spacial score (nSPS) is 16.2. The molecule has 7 nitrogen and oxygen atoms in total. The predicted octanol–water partition coefficient (Wildman–Crippen LogP) is 2.61. The highest BCUT2D eigenvalue weighted by atomic mass is 16.6. The van der Waals surface area contributed by atoms with Gasteiger partial charge in [0.1, 0.15) is 11.5 Å². The van der Waals surface area contributed by atoms with E-state index in [1.54, 1.807) is 19.4 Å². The number of furan rings is 1. The number of nitro groups is 1. The molecule has 1 aliphatic rings. The van der Waals surface area contributed by atoms with Gasteiger partial charge in [-0.1, -0.05) is 0 Å². The molecular weight excluding hydrogens is 310 g/mol. The minimum atomic E-state index is -0.409. The van der Waals surface area contributed by atoms with E-state index in [0.29, 0.717) is 11.3 Å². The van der Waals surface area contributed by atoms with Crippen LogP contribution >= 0.6 is 0 Å². The predicted molar refractivity (Wildman–Crippen MR) is 90.1 cm³/mol. The summed E-state index contributed by atoms with van der Waals surface area (Å²) in [6.07, 6.45) is 1.63. The van der Waals surface area contributed by atoms with Crippen LogP contribution in [0.1, 0.15) is 5.76 Å². The molecule has 0 atom stereocenters. The molecule has 1 saturated heterocycles. The van der Waals surface area contributed by atoms with Gasteiger partial charge < -0.3 is 14.1 Å². The summed E-state index contributed by atoms with van der Waals surface area (Å²) in [5, 5.41) is 11.0. The van der Waals surface area contributed by atoms with Crippen LogP contribution in [-0.4, -0.2) is 55.1 Å². The Balaban J connectivity index is 1.80. The molecule has 1 aromatic carbocycles. The van der Waals surface area contributed by atoms with Crippen molar-refractivity contribution in [2.75, 3.05) is 40.3 Å². The van der Waals surface area contributed by atoms with Crippen molar-refractivity contribution in [3.05, 3.63) is 46.4 Å². The Morgan fingerprint density at radius 3 is 2.67 bits per heavy atom. The lowest BCUT2D eigenvalue weighted by Gasteiger charge is -2.31. The second kappa shape index (κ2) is 7.02. The first-order chi connectivity index (χ1) is 11.6. The number of nitrogens with zero attached hydrogens (tertiary/aromatic N) is 3. The molecule has 1 fully saturated rings. The quantitative estimate of drug-likeness (QED) is 0.619. The molecule has 0 aliphatic carbocycles. The topological polar surface area (TPSA) is 72.0 Å². The molecule has 0 amide bonds. The molecule has 0 radical (unpaired) electrons. The molecule has 1 aromatic heterocycles. The van der Waals surface area contributed by atoms with E-state index in [4.69, 9.17) is 9.15 Å². The average molecular weight is 331 g/mol. The van der Waals surface area contributed by atoms with Crippen LogP contribution < -0.4 is 4.74 Å². The van der Waals surface area contributed by atoms with Crippen molar-refractivity contribution in [2.24, 2.45) is 0 Å². The average Bonchev–Trinajstić information content (AvgIpc) is 3.04. The summed E-state index contributed by atoms with van der Waals surface area (Å²) in [6.45, 7) is 4.85. The van der Waals surface area contributed by atoms with Gasteiger partial charge in [-0.2, -0.15) is 0 Å². The monoisotopic (exact) mass is 331 g/mol. The summed E-state index contributed by atoms with van der Waals surface area (Å²) in [5.74, 6) is 1.44. The molecular formula is C17H21N3O4. The third-order valence-corrected chi connectivity index (χ3v) is 4.33. The lowest BCUT2D eigenvalue weighted by atomic mass is 10.1. The molecule has 24 heavy (non-hydrogen) atoms. The van der Waals surface area contributed by atoms with Crippen molar-refractivity contribution >= 4 is 5.69 Å². The van der Waals surface area contributed by atoms with E-state index >= 15 is 0 Å². The van der Waals surface area contributed by atoms with Crippen LogP contribution in [-0.2, 0) is 6.54 Å². The zero-order valence-electron chi connectivity index (χ0n) is 13.9. The summed E-state index contributed by atoms with van der Waals surface area (Å²) in [5.41, 5.74) is 1.49. The van der Waals surface area contributed by atoms with Gasteiger partial charge in [0.05, 0.1) is 24.8 Å². The third kappa shape index (κ3) is 3.58. The van der Waals surface area contributed by atoms with E-state index in [1.807, 2.05) is 6.07 Å². The van der Waals surface area contributed by atoms with Gasteiger partial charge in [-0.25, -0.2) is 0 Å². The molecule has 128 valence electrons. The number of ether oxygens (including phenoxy) is 1. The number of likely N-dealkylation sites (N-methyl/N-ethyl adjacent to an activating group) is 1. The fraction of sp³-hybridized carbons (Fsp3) is 0.412. The summed E-state index contributed by atoms with van der Waals surface area (Å²) in [4.78, 5) is 15.2. The van der Waals surface area contributed by atoms with Gasteiger partial charge in [0, 0.05) is 49.4 Å². The summed E-state index contributed by atoms with van der Waals surface area (Å²) in [7, 11) is 3.67. The minimum Gasteiger partial charge on any atom is -0.496 e. The molecule has 0 N–H and O–H groups in total. The molecule has 0 spiro atoms. The number of methoxy groups -OCH3 is 1. The maximum Gasteiger partial charge on any atom is 0.270 e. The summed E-state index contributed by atoms with van der Waals surface area (Å²) in [6, 6.07) is 6.50. The number of piperazine rings is 1. The number of hydrogen-bond donors (Lipinski definition) is 0. The Kier molecular flexibility index (Phi) is 4.82. The molecule has 0 unspecified atom stereocenters. The standard InChI is InChI=1S/C17H21N3O4/c1-18-5-7-19(8-6-18)11-15-9-13(12-24-15)16-10-14(20(21)22)3-4-17(16)23-2/h3-4,9-10,12H,5-8,11H2,1-2H3. The second-order valence-electron chi connectivity index (χ2n) is 6.02. The Hall–Kier alpha value is -2.38. The first-order valence-corrected chi connectivity index (χ1v) is 7.88. The van der Waals surface area contributed by atoms with E-state index in [1.165, 1.54) is 12.1 Å². The lowest BCUT2D eigenvalue weighted by Crippen LogP contribution is -2.43. The van der Waals surface area contributed by atoms with Gasteiger partial charge in [-0.3, -0.25) is 15.0 Å². The van der Waals surface area contributed by atoms with Crippen molar-refractivity contribution in [1.82, 2.24) is 9.80 Å². The first-order valence-electron chi connectivity index (χ1n) is 7.88. The van der Waals surface area contributed by atoms with E-state index in [-0.39, 0.29) is 5.69 Å². The minimum absolute atomic E-state index is 0.0348. The van der Waals surface area contributed by atoms with Crippen LogP contribution in [0.4, 0.5) is 5.69 Å². The Labute approximate surface area is 140 Å². The van der Waals surface area contributed by atoms with E-state index < -0.39 is 4.92 Å². The fourth-order valence-corrected chi connectivity index (χ4v) is 2.87. The molecule has 2 heterocycles. The highest BCUT2D eigenvalue weighted by Crippen LogP contribution is 2.34. The zero-order chi connectivity index (χ0) is 17.1. The maximum absolute atomic E-state index is 11.0. The van der Waals surface area contributed by atoms with Crippen LogP contribution in [0.5, 0.6) is 5.75 Å². The van der Waals surface area contributed by atoms with E-state index in [9.17, 15) is 10.1 Å². The summed E-state index contributed by atoms with van der Waals surface area (Å²) >= 11 is 0. The third-order valence-electron chi connectivity index (χ3n) is 4.33. The Morgan fingerprint density at radius 1 is 1.25 bits per heavy atom. The number of rotatable bonds is 5.